The van der Waals surface area contributed by atoms with Gasteiger partial charge in [0.05, 0.1) is 0 Å². The largest absolute Gasteiger partial charge is 0.375 e. The van der Waals surface area contributed by atoms with E-state index in [0.29, 0.717) is 6.42 Å². The second-order valence-electron chi connectivity index (χ2n) is 7.00. The fraction of sp³-hybridized carbons (Fsp3) is 0.579. The maximum absolute atomic E-state index is 13.0. The van der Waals surface area contributed by atoms with Crippen molar-refractivity contribution in [2.75, 3.05) is 34.0 Å². The molecule has 11 heteroatoms. The Hall–Kier alpha value is -2.50. The number of carbonyl (C=O) groups is 4. The van der Waals surface area contributed by atoms with Gasteiger partial charge in [-0.3, -0.25) is 19.2 Å². The third-order valence-corrected chi connectivity index (χ3v) is 5.68. The number of nitrogens with zero attached hydrogens (tertiary/aromatic N) is 1. The zero-order valence-corrected chi connectivity index (χ0v) is 17.9. The van der Waals surface area contributed by atoms with Crippen LogP contribution in [0.4, 0.5) is 0 Å². The maximum atomic E-state index is 13.0. The first-order chi connectivity index (χ1) is 14.3. The number of hydrogen-bond donors (Lipinski definition) is 3. The molecule has 0 saturated carbocycles. The van der Waals surface area contributed by atoms with Crippen molar-refractivity contribution in [3.8, 4) is 0 Å². The second kappa shape index (κ2) is 11.6. The van der Waals surface area contributed by atoms with Crippen LogP contribution in [0.5, 0.6) is 0 Å². The van der Waals surface area contributed by atoms with E-state index in [-0.39, 0.29) is 50.5 Å². The number of amides is 4. The molecule has 0 bridgehead atoms. The highest BCUT2D eigenvalue weighted by atomic mass is 32.1. The lowest BCUT2D eigenvalue weighted by atomic mass is 9.95. The molecule has 1 aliphatic heterocycles. The number of methoxy groups -OCH3 is 2. The molecule has 1 aromatic heterocycles. The quantitative estimate of drug-likeness (QED) is 0.428. The van der Waals surface area contributed by atoms with Crippen molar-refractivity contribution in [2.24, 2.45) is 5.73 Å². The Balaban J connectivity index is 2.12. The van der Waals surface area contributed by atoms with Crippen molar-refractivity contribution >= 4 is 35.0 Å². The van der Waals surface area contributed by atoms with Crippen LogP contribution in [0.15, 0.2) is 17.5 Å². The van der Waals surface area contributed by atoms with Crippen molar-refractivity contribution in [3.63, 3.8) is 0 Å². The molecule has 0 unspecified atom stereocenters. The summed E-state index contributed by atoms with van der Waals surface area (Å²) >= 11 is 1.46. The number of ether oxygens (including phenoxy) is 2. The van der Waals surface area contributed by atoms with Gasteiger partial charge in [0, 0.05) is 38.1 Å². The number of piperidine rings is 1. The zero-order valence-electron chi connectivity index (χ0n) is 17.1. The summed E-state index contributed by atoms with van der Waals surface area (Å²) < 4.78 is 9.73. The van der Waals surface area contributed by atoms with E-state index in [1.54, 1.807) is 0 Å². The number of nitrogens with one attached hydrogen (secondary N) is 2. The molecular formula is C19H28N4O6S. The van der Waals surface area contributed by atoms with Crippen LogP contribution in [0.1, 0.15) is 17.7 Å². The number of rotatable bonds is 10. The van der Waals surface area contributed by atoms with Crippen LogP contribution >= 0.6 is 11.3 Å². The van der Waals surface area contributed by atoms with Crippen molar-refractivity contribution in [2.45, 2.75) is 37.4 Å². The third-order valence-electron chi connectivity index (χ3n) is 4.78. The molecule has 166 valence electrons. The average molecular weight is 441 g/mol. The summed E-state index contributed by atoms with van der Waals surface area (Å²) in [5.74, 6) is -1.79. The molecule has 4 N–H and O–H groups in total. The molecule has 2 heterocycles. The molecule has 1 fully saturated rings. The minimum atomic E-state index is -0.904. The topological polar surface area (TPSA) is 140 Å². The van der Waals surface area contributed by atoms with Crippen LogP contribution in [-0.4, -0.2) is 80.6 Å². The van der Waals surface area contributed by atoms with Gasteiger partial charge in [-0.25, -0.2) is 0 Å². The van der Waals surface area contributed by atoms with Crippen molar-refractivity contribution < 1.29 is 28.7 Å². The molecule has 0 spiro atoms. The standard InChI is InChI=1S/C19H28N4O6S/c1-28-10-16(24)21-12-5-6-23(17(25)11-29-2)15(8-12)19(27)22-14(18(20)26)9-13-4-3-7-30-13/h3-4,7,12,14-15H,5-6,8-11H2,1-2H3,(H2,20,26)(H,21,24)(H,22,27)/t12-,14+,15+/m1/s1. The highest BCUT2D eigenvalue weighted by Gasteiger charge is 2.37. The van der Waals surface area contributed by atoms with E-state index in [4.69, 9.17) is 15.2 Å². The monoisotopic (exact) mass is 440 g/mol. The Kier molecular flexibility index (Phi) is 9.21. The van der Waals surface area contributed by atoms with Gasteiger partial charge in [0.2, 0.25) is 23.6 Å². The predicted octanol–water partition coefficient (Wildman–Crippen LogP) is -0.971. The van der Waals surface area contributed by atoms with Crippen molar-refractivity contribution in [1.82, 2.24) is 15.5 Å². The van der Waals surface area contributed by atoms with Crippen LogP contribution < -0.4 is 16.4 Å². The Labute approximate surface area is 179 Å². The van der Waals surface area contributed by atoms with E-state index < -0.39 is 23.9 Å². The molecular weight excluding hydrogens is 412 g/mol. The minimum Gasteiger partial charge on any atom is -0.375 e. The van der Waals surface area contributed by atoms with Gasteiger partial charge >= 0.3 is 0 Å². The predicted molar refractivity (Wildman–Crippen MR) is 110 cm³/mol. The molecule has 0 aromatic carbocycles. The second-order valence-corrected chi connectivity index (χ2v) is 8.04. The molecule has 1 aliphatic rings. The van der Waals surface area contributed by atoms with Gasteiger partial charge in [0.15, 0.2) is 0 Å². The van der Waals surface area contributed by atoms with E-state index in [1.807, 2.05) is 17.5 Å². The molecule has 2 rings (SSSR count). The summed E-state index contributed by atoms with van der Waals surface area (Å²) in [6.07, 6.45) is 0.968. The van der Waals surface area contributed by atoms with Gasteiger partial charge in [0.1, 0.15) is 25.3 Å². The number of thiophene rings is 1. The summed E-state index contributed by atoms with van der Waals surface area (Å²) in [4.78, 5) is 51.5. The zero-order chi connectivity index (χ0) is 22.1. The lowest BCUT2D eigenvalue weighted by Gasteiger charge is -2.39. The van der Waals surface area contributed by atoms with Gasteiger partial charge in [-0.1, -0.05) is 6.07 Å². The first-order valence-electron chi connectivity index (χ1n) is 9.54. The molecule has 3 atom stereocenters. The van der Waals surface area contributed by atoms with Crippen molar-refractivity contribution in [1.29, 1.82) is 0 Å². The molecule has 30 heavy (non-hydrogen) atoms. The average Bonchev–Trinajstić information content (AvgIpc) is 3.20. The third kappa shape index (κ3) is 6.78. The Morgan fingerprint density at radius 3 is 2.60 bits per heavy atom. The molecule has 0 radical (unpaired) electrons. The van der Waals surface area contributed by atoms with Crippen LogP contribution in [-0.2, 0) is 35.1 Å². The SMILES string of the molecule is COCC(=O)N[C@@H]1CCN(C(=O)COC)[C@H](C(=O)N[C@@H](Cc2cccs2)C(N)=O)C1. The Bertz CT molecular complexity index is 741. The number of nitrogens with two attached hydrogens (primary N) is 1. The van der Waals surface area contributed by atoms with E-state index in [0.717, 1.165) is 4.88 Å². The first-order valence-corrected chi connectivity index (χ1v) is 10.4. The summed E-state index contributed by atoms with van der Waals surface area (Å²) in [5.41, 5.74) is 5.48. The minimum absolute atomic E-state index is 0.0930. The van der Waals surface area contributed by atoms with E-state index >= 15 is 0 Å². The lowest BCUT2D eigenvalue weighted by molar-refractivity contribution is -0.146. The molecule has 10 nitrogen and oxygen atoms in total. The molecule has 1 saturated heterocycles. The van der Waals surface area contributed by atoms with E-state index in [2.05, 4.69) is 10.6 Å². The number of hydrogen-bond acceptors (Lipinski definition) is 7. The molecule has 1 aromatic rings. The summed E-state index contributed by atoms with van der Waals surface area (Å²) in [6, 6.07) is 1.63. The van der Waals surface area contributed by atoms with Crippen LogP contribution in [0.25, 0.3) is 0 Å². The highest BCUT2D eigenvalue weighted by Crippen LogP contribution is 2.19. The van der Waals surface area contributed by atoms with Crippen molar-refractivity contribution in [3.05, 3.63) is 22.4 Å². The lowest BCUT2D eigenvalue weighted by Crippen LogP contribution is -2.60. The van der Waals surface area contributed by atoms with Crippen LogP contribution in [0.2, 0.25) is 0 Å². The summed E-state index contributed by atoms with van der Waals surface area (Å²) in [5, 5.41) is 7.35. The summed E-state index contributed by atoms with van der Waals surface area (Å²) in [7, 11) is 2.81. The van der Waals surface area contributed by atoms with Gasteiger partial charge in [-0.2, -0.15) is 0 Å². The number of likely N-dealkylation sites (tertiary alicyclic amines) is 1. The van der Waals surface area contributed by atoms with Gasteiger partial charge < -0.3 is 30.7 Å². The van der Waals surface area contributed by atoms with Gasteiger partial charge in [-0.15, -0.1) is 11.3 Å². The van der Waals surface area contributed by atoms with Gasteiger partial charge in [0.25, 0.3) is 0 Å². The fourth-order valence-corrected chi connectivity index (χ4v) is 4.12. The van der Waals surface area contributed by atoms with Crippen LogP contribution in [0.3, 0.4) is 0 Å². The smallest absolute Gasteiger partial charge is 0.249 e. The fourth-order valence-electron chi connectivity index (χ4n) is 3.37. The maximum Gasteiger partial charge on any atom is 0.249 e. The van der Waals surface area contributed by atoms with Gasteiger partial charge in [-0.05, 0) is 24.3 Å². The Morgan fingerprint density at radius 2 is 2.00 bits per heavy atom. The number of primary amides is 1. The Morgan fingerprint density at radius 1 is 1.27 bits per heavy atom. The molecule has 0 aliphatic carbocycles. The number of carbonyl (C=O) groups excluding carboxylic acids is 4. The highest BCUT2D eigenvalue weighted by molar-refractivity contribution is 7.09. The van der Waals surface area contributed by atoms with E-state index in [9.17, 15) is 19.2 Å². The molecule has 4 amide bonds. The summed E-state index contributed by atoms with van der Waals surface area (Å²) in [6.45, 7) is 0.00748. The normalized spacial score (nSPS) is 19.7. The van der Waals surface area contributed by atoms with E-state index in [1.165, 1.54) is 30.5 Å². The first kappa shape index (κ1) is 23.8. The van der Waals surface area contributed by atoms with Crippen LogP contribution in [0, 0.1) is 0 Å².